The van der Waals surface area contributed by atoms with Gasteiger partial charge in [-0.25, -0.2) is 4.79 Å². The number of hydrogen-bond acceptors (Lipinski definition) is 4. The molecule has 1 aromatic carbocycles. The molecule has 1 atom stereocenters. The van der Waals surface area contributed by atoms with Crippen LogP contribution in [0.25, 0.3) is 0 Å². The summed E-state index contributed by atoms with van der Waals surface area (Å²) >= 11 is 0. The van der Waals surface area contributed by atoms with Crippen LogP contribution in [0, 0.1) is 0 Å². The predicted molar refractivity (Wildman–Crippen MR) is 75.4 cm³/mol. The summed E-state index contributed by atoms with van der Waals surface area (Å²) < 4.78 is 33.4. The molecule has 1 aliphatic heterocycles. The van der Waals surface area contributed by atoms with Gasteiger partial charge >= 0.3 is 12.6 Å². The molecule has 1 heterocycles. The number of ether oxygens (including phenoxy) is 2. The van der Waals surface area contributed by atoms with Crippen LogP contribution in [0.5, 0.6) is 5.75 Å². The van der Waals surface area contributed by atoms with E-state index in [-0.39, 0.29) is 31.2 Å². The molecule has 23 heavy (non-hydrogen) atoms. The molecule has 1 N–H and O–H groups in total. The summed E-state index contributed by atoms with van der Waals surface area (Å²) in [6.07, 6.45) is -0.344. The first-order valence-corrected chi connectivity index (χ1v) is 7.11. The topological polar surface area (TPSA) is 76.1 Å². The minimum Gasteiger partial charge on any atom is -0.479 e. The number of rotatable bonds is 6. The summed E-state index contributed by atoms with van der Waals surface area (Å²) in [5, 5.41) is 8.91. The van der Waals surface area contributed by atoms with E-state index in [4.69, 9.17) is 9.84 Å². The summed E-state index contributed by atoms with van der Waals surface area (Å²) in [5.41, 5.74) is 0.808. The third-order valence-corrected chi connectivity index (χ3v) is 3.47. The van der Waals surface area contributed by atoms with Crippen molar-refractivity contribution in [2.75, 3.05) is 19.7 Å². The number of hydrogen-bond donors (Lipinski definition) is 1. The van der Waals surface area contributed by atoms with Crippen molar-refractivity contribution in [2.24, 2.45) is 0 Å². The minimum absolute atomic E-state index is 0.0370. The van der Waals surface area contributed by atoms with Gasteiger partial charge in [-0.15, -0.1) is 0 Å². The number of amides is 1. The quantitative estimate of drug-likeness (QED) is 0.857. The SMILES string of the molecule is O=C(O)C1CN(C(=O)CCc2ccc(OC(F)F)cc2)CCO1. The number of halogens is 2. The van der Waals surface area contributed by atoms with Crippen LogP contribution in [0.3, 0.4) is 0 Å². The van der Waals surface area contributed by atoms with Crippen LogP contribution in [0.4, 0.5) is 8.78 Å². The highest BCUT2D eigenvalue weighted by Gasteiger charge is 2.28. The van der Waals surface area contributed by atoms with Crippen molar-refractivity contribution in [2.45, 2.75) is 25.6 Å². The smallest absolute Gasteiger partial charge is 0.387 e. The molecule has 2 rings (SSSR count). The summed E-state index contributed by atoms with van der Waals surface area (Å²) in [6.45, 7) is -2.27. The molecule has 0 saturated carbocycles. The number of benzene rings is 1. The maximum Gasteiger partial charge on any atom is 0.387 e. The highest BCUT2D eigenvalue weighted by molar-refractivity contribution is 5.78. The van der Waals surface area contributed by atoms with Crippen LogP contribution in [0.1, 0.15) is 12.0 Å². The number of aryl methyl sites for hydroxylation is 1. The summed E-state index contributed by atoms with van der Waals surface area (Å²) in [5.74, 6) is -1.18. The van der Waals surface area contributed by atoms with Crippen LogP contribution < -0.4 is 4.74 Å². The highest BCUT2D eigenvalue weighted by atomic mass is 19.3. The second-order valence-corrected chi connectivity index (χ2v) is 5.06. The zero-order valence-electron chi connectivity index (χ0n) is 12.3. The van der Waals surface area contributed by atoms with E-state index >= 15 is 0 Å². The van der Waals surface area contributed by atoms with Crippen LogP contribution >= 0.6 is 0 Å². The Hall–Kier alpha value is -2.22. The number of carbonyl (C=O) groups is 2. The molecular formula is C15H17F2NO5. The number of nitrogens with zero attached hydrogens (tertiary/aromatic N) is 1. The van der Waals surface area contributed by atoms with Gasteiger partial charge in [-0.3, -0.25) is 4.79 Å². The molecule has 0 radical (unpaired) electrons. The fraction of sp³-hybridized carbons (Fsp3) is 0.467. The van der Waals surface area contributed by atoms with Crippen molar-refractivity contribution in [1.82, 2.24) is 4.90 Å². The number of alkyl halides is 2. The van der Waals surface area contributed by atoms with E-state index in [0.717, 1.165) is 5.56 Å². The molecule has 1 unspecified atom stereocenters. The van der Waals surface area contributed by atoms with Crippen LogP contribution in [-0.2, 0) is 20.7 Å². The fourth-order valence-corrected chi connectivity index (χ4v) is 2.27. The molecule has 8 heteroatoms. The van der Waals surface area contributed by atoms with E-state index in [2.05, 4.69) is 4.74 Å². The summed E-state index contributed by atoms with van der Waals surface area (Å²) in [7, 11) is 0. The van der Waals surface area contributed by atoms with Crippen molar-refractivity contribution in [3.05, 3.63) is 29.8 Å². The second kappa shape index (κ2) is 7.87. The number of morpholine rings is 1. The van der Waals surface area contributed by atoms with E-state index in [0.29, 0.717) is 13.0 Å². The van der Waals surface area contributed by atoms with E-state index in [1.54, 1.807) is 12.1 Å². The Bertz CT molecular complexity index is 549. The van der Waals surface area contributed by atoms with E-state index < -0.39 is 18.7 Å². The lowest BCUT2D eigenvalue weighted by Crippen LogP contribution is -2.48. The molecule has 126 valence electrons. The number of carboxylic acid groups (broad SMARTS) is 1. The molecular weight excluding hydrogens is 312 g/mol. The van der Waals surface area contributed by atoms with Gasteiger partial charge in [-0.1, -0.05) is 12.1 Å². The van der Waals surface area contributed by atoms with Crippen LogP contribution in [-0.4, -0.2) is 54.3 Å². The first-order chi connectivity index (χ1) is 11.0. The largest absolute Gasteiger partial charge is 0.479 e. The average Bonchev–Trinajstić information content (AvgIpc) is 2.53. The molecule has 1 aromatic rings. The van der Waals surface area contributed by atoms with Crippen molar-refractivity contribution < 1.29 is 33.0 Å². The van der Waals surface area contributed by atoms with Gasteiger partial charge in [-0.05, 0) is 24.1 Å². The first-order valence-electron chi connectivity index (χ1n) is 7.11. The second-order valence-electron chi connectivity index (χ2n) is 5.06. The van der Waals surface area contributed by atoms with Crippen molar-refractivity contribution >= 4 is 11.9 Å². The van der Waals surface area contributed by atoms with Gasteiger partial charge in [-0.2, -0.15) is 8.78 Å². The normalized spacial score (nSPS) is 18.0. The number of aliphatic carboxylic acids is 1. The molecule has 1 fully saturated rings. The van der Waals surface area contributed by atoms with Gasteiger partial charge in [0.2, 0.25) is 5.91 Å². The zero-order valence-corrected chi connectivity index (χ0v) is 12.3. The van der Waals surface area contributed by atoms with Gasteiger partial charge in [0.1, 0.15) is 5.75 Å². The van der Waals surface area contributed by atoms with E-state index in [1.807, 2.05) is 0 Å². The number of carbonyl (C=O) groups excluding carboxylic acids is 1. The van der Waals surface area contributed by atoms with Crippen LogP contribution in [0.2, 0.25) is 0 Å². The Morgan fingerprint density at radius 1 is 1.35 bits per heavy atom. The maximum atomic E-state index is 12.1. The Kier molecular flexibility index (Phi) is 5.86. The highest BCUT2D eigenvalue weighted by Crippen LogP contribution is 2.16. The maximum absolute atomic E-state index is 12.1. The van der Waals surface area contributed by atoms with Crippen molar-refractivity contribution in [1.29, 1.82) is 0 Å². The molecule has 0 aliphatic carbocycles. The Balaban J connectivity index is 1.83. The molecule has 1 saturated heterocycles. The van der Waals surface area contributed by atoms with Gasteiger partial charge in [0.05, 0.1) is 13.2 Å². The third kappa shape index (κ3) is 5.17. The lowest BCUT2D eigenvalue weighted by atomic mass is 10.1. The molecule has 0 aromatic heterocycles. The Morgan fingerprint density at radius 2 is 2.04 bits per heavy atom. The minimum atomic E-state index is -2.87. The molecule has 0 spiro atoms. The zero-order chi connectivity index (χ0) is 16.8. The average molecular weight is 329 g/mol. The summed E-state index contributed by atoms with van der Waals surface area (Å²) in [6, 6.07) is 6.07. The fourth-order valence-electron chi connectivity index (χ4n) is 2.27. The molecule has 0 bridgehead atoms. The van der Waals surface area contributed by atoms with Gasteiger partial charge in [0.25, 0.3) is 0 Å². The van der Waals surface area contributed by atoms with E-state index in [9.17, 15) is 18.4 Å². The van der Waals surface area contributed by atoms with Crippen LogP contribution in [0.15, 0.2) is 24.3 Å². The lowest BCUT2D eigenvalue weighted by molar-refractivity contribution is -0.159. The van der Waals surface area contributed by atoms with Crippen molar-refractivity contribution in [3.63, 3.8) is 0 Å². The molecule has 1 amide bonds. The third-order valence-electron chi connectivity index (χ3n) is 3.47. The first kappa shape index (κ1) is 17.1. The Morgan fingerprint density at radius 3 is 2.65 bits per heavy atom. The predicted octanol–water partition coefficient (Wildman–Crippen LogP) is 1.53. The summed E-state index contributed by atoms with van der Waals surface area (Å²) in [4.78, 5) is 24.5. The Labute approximate surface area is 131 Å². The van der Waals surface area contributed by atoms with Gasteiger partial charge in [0.15, 0.2) is 6.10 Å². The van der Waals surface area contributed by atoms with E-state index in [1.165, 1.54) is 17.0 Å². The van der Waals surface area contributed by atoms with Gasteiger partial charge in [0, 0.05) is 13.0 Å². The lowest BCUT2D eigenvalue weighted by Gasteiger charge is -2.31. The van der Waals surface area contributed by atoms with Gasteiger partial charge < -0.3 is 19.5 Å². The monoisotopic (exact) mass is 329 g/mol. The molecule has 1 aliphatic rings. The van der Waals surface area contributed by atoms with Crippen molar-refractivity contribution in [3.8, 4) is 5.75 Å². The standard InChI is InChI=1S/C15H17F2NO5/c16-15(17)23-11-4-1-10(2-5-11)3-6-13(19)18-7-8-22-12(9-18)14(20)21/h1-2,4-5,12,15H,3,6-9H2,(H,20,21). The molecule has 6 nitrogen and oxygen atoms in total. The number of carboxylic acids is 1.